The summed E-state index contributed by atoms with van der Waals surface area (Å²) in [6.07, 6.45) is 1.72. The van der Waals surface area contributed by atoms with Crippen LogP contribution in [0.15, 0.2) is 35.2 Å². The van der Waals surface area contributed by atoms with Crippen LogP contribution in [0.5, 0.6) is 17.2 Å². The van der Waals surface area contributed by atoms with Gasteiger partial charge in [0.05, 0.1) is 15.8 Å². The maximum atomic E-state index is 12.6. The third kappa shape index (κ3) is 3.88. The van der Waals surface area contributed by atoms with Gasteiger partial charge in [0, 0.05) is 17.0 Å². The van der Waals surface area contributed by atoms with Crippen molar-refractivity contribution in [2.45, 2.75) is 17.7 Å². The molecule has 0 spiro atoms. The van der Waals surface area contributed by atoms with E-state index in [-0.39, 0.29) is 49.6 Å². The van der Waals surface area contributed by atoms with Gasteiger partial charge in [-0.1, -0.05) is 23.2 Å². The minimum atomic E-state index is -3.67. The molecule has 3 aromatic rings. The first-order valence-corrected chi connectivity index (χ1v) is 11.0. The van der Waals surface area contributed by atoms with Gasteiger partial charge in [0.15, 0.2) is 15.6 Å². The molecule has 1 heterocycles. The van der Waals surface area contributed by atoms with E-state index >= 15 is 0 Å². The van der Waals surface area contributed by atoms with Crippen molar-refractivity contribution < 1.29 is 28.2 Å². The molecule has 0 saturated heterocycles. The lowest BCUT2D eigenvalue weighted by atomic mass is 10.2. The van der Waals surface area contributed by atoms with E-state index in [1.165, 1.54) is 30.3 Å². The maximum Gasteiger partial charge on any atom is 0.352 e. The van der Waals surface area contributed by atoms with Gasteiger partial charge in [-0.25, -0.2) is 13.2 Å². The van der Waals surface area contributed by atoms with Crippen LogP contribution in [0.3, 0.4) is 0 Å². The van der Waals surface area contributed by atoms with E-state index in [0.29, 0.717) is 10.9 Å². The van der Waals surface area contributed by atoms with E-state index in [4.69, 9.17) is 33.0 Å². The molecule has 2 aromatic carbocycles. The highest BCUT2D eigenvalue weighted by Crippen LogP contribution is 2.43. The van der Waals surface area contributed by atoms with Crippen LogP contribution in [0, 0.1) is 5.92 Å². The lowest BCUT2D eigenvalue weighted by Gasteiger charge is -2.13. The van der Waals surface area contributed by atoms with Crippen molar-refractivity contribution in [2.75, 3.05) is 5.75 Å². The van der Waals surface area contributed by atoms with E-state index < -0.39 is 15.8 Å². The SMILES string of the molecule is O=C(O)c1cc2c(Cl)c(Oc3ccc(O)c(S(=O)(=O)CC4CC4)c3)c(Cl)cc2[nH]1. The van der Waals surface area contributed by atoms with E-state index in [2.05, 4.69) is 4.98 Å². The minimum absolute atomic E-state index is 0.0290. The summed E-state index contributed by atoms with van der Waals surface area (Å²) in [6, 6.07) is 6.67. The normalized spacial score (nSPS) is 14.3. The van der Waals surface area contributed by atoms with Crippen molar-refractivity contribution in [3.05, 3.63) is 46.1 Å². The number of H-pyrrole nitrogens is 1. The van der Waals surface area contributed by atoms with Crippen molar-refractivity contribution in [1.82, 2.24) is 4.98 Å². The molecule has 0 unspecified atom stereocenters. The quantitative estimate of drug-likeness (QED) is 0.488. The predicted octanol–water partition coefficient (Wildman–Crippen LogP) is 4.85. The zero-order chi connectivity index (χ0) is 20.9. The molecule has 0 bridgehead atoms. The zero-order valence-corrected chi connectivity index (χ0v) is 17.1. The van der Waals surface area contributed by atoms with Gasteiger partial charge in [0.1, 0.15) is 22.1 Å². The summed E-state index contributed by atoms with van der Waals surface area (Å²) in [7, 11) is -3.67. The number of phenols is 1. The average Bonchev–Trinajstić information content (AvgIpc) is 3.34. The number of benzene rings is 2. The van der Waals surface area contributed by atoms with Gasteiger partial charge < -0.3 is 19.9 Å². The van der Waals surface area contributed by atoms with E-state index in [9.17, 15) is 18.3 Å². The fourth-order valence-corrected chi connectivity index (χ4v) is 5.41. The van der Waals surface area contributed by atoms with Crippen molar-refractivity contribution in [3.63, 3.8) is 0 Å². The lowest BCUT2D eigenvalue weighted by Crippen LogP contribution is -2.08. The number of fused-ring (bicyclic) bond motifs is 1. The average molecular weight is 456 g/mol. The van der Waals surface area contributed by atoms with Crippen LogP contribution < -0.4 is 4.74 Å². The molecule has 1 aromatic heterocycles. The second-order valence-electron chi connectivity index (χ2n) is 6.91. The number of ether oxygens (including phenoxy) is 1. The Kier molecular flexibility index (Phi) is 4.88. The highest BCUT2D eigenvalue weighted by atomic mass is 35.5. The fourth-order valence-electron chi connectivity index (χ4n) is 3.00. The Balaban J connectivity index is 1.73. The number of carboxylic acids is 1. The molecule has 0 atom stereocenters. The molecule has 1 fully saturated rings. The largest absolute Gasteiger partial charge is 0.507 e. The summed E-state index contributed by atoms with van der Waals surface area (Å²) in [5.74, 6) is -1.25. The smallest absolute Gasteiger partial charge is 0.352 e. The molecule has 0 amide bonds. The molecule has 152 valence electrons. The van der Waals surface area contributed by atoms with Crippen molar-refractivity contribution in [3.8, 4) is 17.2 Å². The molecule has 3 N–H and O–H groups in total. The molecular formula is C19H15Cl2NO6S. The number of hydrogen-bond acceptors (Lipinski definition) is 5. The Labute approximate surface area is 175 Å². The van der Waals surface area contributed by atoms with Crippen LogP contribution in [-0.2, 0) is 9.84 Å². The van der Waals surface area contributed by atoms with Crippen LogP contribution in [0.4, 0.5) is 0 Å². The van der Waals surface area contributed by atoms with Gasteiger partial charge in [-0.15, -0.1) is 0 Å². The van der Waals surface area contributed by atoms with E-state index in [1.807, 2.05) is 0 Å². The standard InChI is InChI=1S/C19H15Cl2NO6S/c20-12-7-13-11(6-14(22-13)19(24)25)17(21)18(12)28-10-3-4-15(23)16(5-10)29(26,27)8-9-1-2-9/h3-7,9,22-23H,1-2,8H2,(H,24,25). The Morgan fingerprint density at radius 2 is 1.93 bits per heavy atom. The molecule has 4 rings (SSSR count). The number of aromatic amines is 1. The summed E-state index contributed by atoms with van der Waals surface area (Å²) >= 11 is 12.6. The molecule has 0 radical (unpaired) electrons. The molecule has 10 heteroatoms. The van der Waals surface area contributed by atoms with E-state index in [1.54, 1.807) is 0 Å². The number of nitrogens with one attached hydrogen (secondary N) is 1. The highest BCUT2D eigenvalue weighted by molar-refractivity contribution is 7.91. The Morgan fingerprint density at radius 3 is 2.59 bits per heavy atom. The molecule has 29 heavy (non-hydrogen) atoms. The Hall–Kier alpha value is -2.42. The molecule has 7 nitrogen and oxygen atoms in total. The first kappa shape index (κ1) is 19.9. The molecule has 1 saturated carbocycles. The molecule has 1 aliphatic rings. The number of carbonyl (C=O) groups is 1. The van der Waals surface area contributed by atoms with E-state index in [0.717, 1.165) is 12.8 Å². The predicted molar refractivity (Wildman–Crippen MR) is 108 cm³/mol. The summed E-state index contributed by atoms with van der Waals surface area (Å²) in [5, 5.41) is 19.7. The van der Waals surface area contributed by atoms with Crippen molar-refractivity contribution in [2.24, 2.45) is 5.92 Å². The van der Waals surface area contributed by atoms with Crippen molar-refractivity contribution >= 4 is 49.9 Å². The molecule has 1 aliphatic carbocycles. The van der Waals surface area contributed by atoms with Crippen LogP contribution in [-0.4, -0.2) is 35.3 Å². The summed E-state index contributed by atoms with van der Waals surface area (Å²) in [5.41, 5.74) is 0.358. The number of rotatable bonds is 6. The maximum absolute atomic E-state index is 12.6. The fraction of sp³-hybridized carbons (Fsp3) is 0.211. The Bertz CT molecular complexity index is 1250. The number of hydrogen-bond donors (Lipinski definition) is 3. The summed E-state index contributed by atoms with van der Waals surface area (Å²) in [4.78, 5) is 13.6. The second kappa shape index (κ2) is 7.12. The first-order valence-electron chi connectivity index (χ1n) is 8.63. The third-order valence-electron chi connectivity index (χ3n) is 4.64. The first-order chi connectivity index (χ1) is 13.7. The van der Waals surface area contributed by atoms with Crippen LogP contribution in [0.25, 0.3) is 10.9 Å². The van der Waals surface area contributed by atoms with Crippen LogP contribution in [0.1, 0.15) is 23.3 Å². The molecule has 0 aliphatic heterocycles. The van der Waals surface area contributed by atoms with Gasteiger partial charge in [0.2, 0.25) is 0 Å². The number of phenolic OH excluding ortho intramolecular Hbond substituents is 1. The number of aromatic hydroxyl groups is 1. The number of sulfone groups is 1. The number of carboxylic acid groups (broad SMARTS) is 1. The van der Waals surface area contributed by atoms with Crippen LogP contribution >= 0.6 is 23.2 Å². The second-order valence-corrected chi connectivity index (χ2v) is 9.70. The number of aromatic carboxylic acids is 1. The summed E-state index contributed by atoms with van der Waals surface area (Å²) < 4.78 is 30.8. The van der Waals surface area contributed by atoms with Gasteiger partial charge in [0.25, 0.3) is 0 Å². The summed E-state index contributed by atoms with van der Waals surface area (Å²) in [6.45, 7) is 0. The minimum Gasteiger partial charge on any atom is -0.507 e. The van der Waals surface area contributed by atoms with Crippen LogP contribution in [0.2, 0.25) is 10.0 Å². The zero-order valence-electron chi connectivity index (χ0n) is 14.8. The monoisotopic (exact) mass is 455 g/mol. The third-order valence-corrected chi connectivity index (χ3v) is 7.20. The van der Waals surface area contributed by atoms with Gasteiger partial charge in [-0.3, -0.25) is 0 Å². The van der Waals surface area contributed by atoms with Crippen molar-refractivity contribution in [1.29, 1.82) is 0 Å². The lowest BCUT2D eigenvalue weighted by molar-refractivity contribution is 0.0691. The topological polar surface area (TPSA) is 117 Å². The van der Waals surface area contributed by atoms with Gasteiger partial charge in [-0.05, 0) is 43.0 Å². The van der Waals surface area contributed by atoms with Gasteiger partial charge in [-0.2, -0.15) is 0 Å². The number of aromatic nitrogens is 1. The van der Waals surface area contributed by atoms with Gasteiger partial charge >= 0.3 is 5.97 Å². The Morgan fingerprint density at radius 1 is 1.21 bits per heavy atom. The molecular weight excluding hydrogens is 441 g/mol. The highest BCUT2D eigenvalue weighted by Gasteiger charge is 2.31. The number of halogens is 2.